The molecule has 1 aromatic rings. The van der Waals surface area contributed by atoms with Crippen molar-refractivity contribution < 1.29 is 30.4 Å². The van der Waals surface area contributed by atoms with E-state index in [1.807, 2.05) is 6.92 Å². The maximum Gasteiger partial charge on any atom is 0.511 e. The van der Waals surface area contributed by atoms with Gasteiger partial charge in [-0.15, -0.1) is 5.11 Å². The van der Waals surface area contributed by atoms with Crippen molar-refractivity contribution in [2.45, 2.75) is 44.2 Å². The number of hydrogen-bond donors (Lipinski definition) is 0. The minimum Gasteiger partial charge on any atom is -0.206 e. The summed E-state index contributed by atoms with van der Waals surface area (Å²) in [5, 5.41) is 7.64. The number of nitrogens with zero attached hydrogens (tertiary/aromatic N) is 3. The topological polar surface area (TPSA) is 62.1 Å². The van der Waals surface area contributed by atoms with Gasteiger partial charge in [0.05, 0.1) is 22.5 Å². The maximum atomic E-state index is 14.4. The van der Waals surface area contributed by atoms with E-state index in [0.717, 1.165) is 19.2 Å². The number of halogens is 5. The molecule has 11 heteroatoms. The molecule has 0 N–H and O–H groups in total. The van der Waals surface area contributed by atoms with Crippen LogP contribution in [0.25, 0.3) is 5.70 Å². The van der Waals surface area contributed by atoms with E-state index in [0.29, 0.717) is 12.0 Å². The van der Waals surface area contributed by atoms with Crippen LogP contribution in [0.15, 0.2) is 58.9 Å². The smallest absolute Gasteiger partial charge is 0.206 e. The third kappa shape index (κ3) is 4.83. The average molecular weight is 477 g/mol. The molecular formula is C21H24F5N3O2S. The predicted molar refractivity (Wildman–Crippen MR) is 112 cm³/mol. The van der Waals surface area contributed by atoms with Crippen molar-refractivity contribution in [2.75, 3.05) is 7.05 Å². The minimum absolute atomic E-state index is 0.0641. The van der Waals surface area contributed by atoms with E-state index in [9.17, 15) is 30.4 Å². The molecule has 0 amide bonds. The SMILES string of the molecule is C=C1/C=C(/c2c(F)cccc2F)N=NC(=C)[C@@](C)(N(C)S(=O)(=O)C(F)(F)F)CC[C@@H]1CC. The number of allylic oxidation sites excluding steroid dienone is 2. The maximum absolute atomic E-state index is 14.4. The molecule has 176 valence electrons. The zero-order valence-electron chi connectivity index (χ0n) is 17.9. The lowest BCUT2D eigenvalue weighted by Gasteiger charge is -2.39. The first kappa shape index (κ1) is 25.9. The Balaban J connectivity index is 2.67. The molecule has 0 fully saturated rings. The molecule has 1 heterocycles. The number of sulfonamides is 1. The van der Waals surface area contributed by atoms with E-state index in [2.05, 4.69) is 23.4 Å². The highest BCUT2D eigenvalue weighted by Gasteiger charge is 2.54. The van der Waals surface area contributed by atoms with Gasteiger partial charge in [0, 0.05) is 7.05 Å². The number of likely N-dealkylation sites (N-methyl/N-ethyl adjacent to an activating group) is 1. The molecule has 0 saturated carbocycles. The molecule has 0 unspecified atom stereocenters. The molecule has 2 rings (SSSR count). The van der Waals surface area contributed by atoms with Gasteiger partial charge >= 0.3 is 15.5 Å². The second-order valence-electron chi connectivity index (χ2n) is 7.68. The molecule has 5 nitrogen and oxygen atoms in total. The van der Waals surface area contributed by atoms with Crippen LogP contribution in [0.3, 0.4) is 0 Å². The average Bonchev–Trinajstić information content (AvgIpc) is 2.69. The monoisotopic (exact) mass is 477 g/mol. The lowest BCUT2D eigenvalue weighted by molar-refractivity contribution is -0.0506. The van der Waals surface area contributed by atoms with Gasteiger partial charge < -0.3 is 0 Å². The Bertz CT molecular complexity index is 1060. The van der Waals surface area contributed by atoms with Crippen molar-refractivity contribution in [1.82, 2.24) is 4.31 Å². The zero-order chi connectivity index (χ0) is 24.5. The third-order valence-corrected chi connectivity index (χ3v) is 7.49. The van der Waals surface area contributed by atoms with Crippen LogP contribution in [-0.4, -0.2) is 30.8 Å². The van der Waals surface area contributed by atoms with E-state index < -0.39 is 38.3 Å². The van der Waals surface area contributed by atoms with Crippen molar-refractivity contribution >= 4 is 15.7 Å². The second kappa shape index (κ2) is 9.22. The summed E-state index contributed by atoms with van der Waals surface area (Å²) < 4.78 is 92.8. The summed E-state index contributed by atoms with van der Waals surface area (Å²) in [5.41, 5.74) is -7.94. The van der Waals surface area contributed by atoms with Crippen LogP contribution in [0.5, 0.6) is 0 Å². The molecule has 1 aliphatic heterocycles. The number of hydrogen-bond acceptors (Lipinski definition) is 4. The Kier molecular flexibility index (Phi) is 7.45. The van der Waals surface area contributed by atoms with E-state index in [1.165, 1.54) is 19.1 Å². The van der Waals surface area contributed by atoms with Gasteiger partial charge in [-0.1, -0.05) is 26.1 Å². The summed E-state index contributed by atoms with van der Waals surface area (Å²) >= 11 is 0. The van der Waals surface area contributed by atoms with Crippen LogP contribution < -0.4 is 0 Å². The fourth-order valence-corrected chi connectivity index (χ4v) is 4.46. The number of alkyl halides is 3. The summed E-state index contributed by atoms with van der Waals surface area (Å²) in [6.45, 7) is 10.6. The molecule has 1 aromatic carbocycles. The van der Waals surface area contributed by atoms with Gasteiger partial charge in [-0.3, -0.25) is 0 Å². The largest absolute Gasteiger partial charge is 0.511 e. The van der Waals surface area contributed by atoms with Gasteiger partial charge in [-0.05, 0) is 55.9 Å². The van der Waals surface area contributed by atoms with Crippen LogP contribution >= 0.6 is 0 Å². The van der Waals surface area contributed by atoms with Gasteiger partial charge in [-0.25, -0.2) is 17.2 Å². The summed E-state index contributed by atoms with van der Waals surface area (Å²) in [5.74, 6) is -2.15. The first-order valence-electron chi connectivity index (χ1n) is 9.68. The Hall–Kier alpha value is -2.40. The first-order valence-corrected chi connectivity index (χ1v) is 11.1. The molecule has 0 aromatic heterocycles. The van der Waals surface area contributed by atoms with E-state index in [4.69, 9.17) is 0 Å². The molecule has 2 atom stereocenters. The highest BCUT2D eigenvalue weighted by molar-refractivity contribution is 7.90. The molecule has 1 aliphatic rings. The Morgan fingerprint density at radius 3 is 2.25 bits per heavy atom. The first-order chi connectivity index (χ1) is 14.7. The Morgan fingerprint density at radius 1 is 1.19 bits per heavy atom. The fourth-order valence-electron chi connectivity index (χ4n) is 3.42. The van der Waals surface area contributed by atoms with Crippen molar-refractivity contribution in [3.05, 3.63) is 65.9 Å². The van der Waals surface area contributed by atoms with Crippen molar-refractivity contribution in [2.24, 2.45) is 16.1 Å². The highest BCUT2D eigenvalue weighted by atomic mass is 32.2. The highest BCUT2D eigenvalue weighted by Crippen LogP contribution is 2.40. The fraction of sp³-hybridized carbons (Fsp3) is 0.429. The van der Waals surface area contributed by atoms with Crippen molar-refractivity contribution in [3.8, 4) is 0 Å². The third-order valence-electron chi connectivity index (χ3n) is 5.79. The van der Waals surface area contributed by atoms with Crippen LogP contribution in [0.1, 0.15) is 38.7 Å². The molecule has 0 saturated heterocycles. The molecule has 32 heavy (non-hydrogen) atoms. The lowest BCUT2D eigenvalue weighted by Crippen LogP contribution is -2.52. The summed E-state index contributed by atoms with van der Waals surface area (Å²) in [6, 6.07) is 3.22. The van der Waals surface area contributed by atoms with Gasteiger partial charge in [-0.2, -0.15) is 22.6 Å². The van der Waals surface area contributed by atoms with E-state index >= 15 is 0 Å². The van der Waals surface area contributed by atoms with Crippen molar-refractivity contribution in [3.63, 3.8) is 0 Å². The van der Waals surface area contributed by atoms with Crippen LogP contribution in [0.4, 0.5) is 22.0 Å². The molecule has 0 bridgehead atoms. The van der Waals surface area contributed by atoms with Gasteiger partial charge in [0.2, 0.25) is 0 Å². The second-order valence-corrected chi connectivity index (χ2v) is 9.64. The van der Waals surface area contributed by atoms with Gasteiger partial charge in [0.15, 0.2) is 0 Å². The number of benzene rings is 1. The van der Waals surface area contributed by atoms with E-state index in [-0.39, 0.29) is 34.5 Å². The van der Waals surface area contributed by atoms with Crippen LogP contribution in [0.2, 0.25) is 0 Å². The van der Waals surface area contributed by atoms with Crippen LogP contribution in [-0.2, 0) is 10.0 Å². The molecular weight excluding hydrogens is 453 g/mol. The number of rotatable bonds is 4. The standard InChI is InChI=1S/C21H24F5N3O2S/c1-6-15-10-11-20(4,29(5)32(30,31)21(24,25)26)14(3)27-28-18(12-13(15)2)19-16(22)8-7-9-17(19)23/h7-9,12,15H,2-3,6,10-11H2,1,4-5H3/b18-12-,28-27?/t15-,20-/m0/s1. The lowest BCUT2D eigenvalue weighted by atomic mass is 9.84. The molecule has 0 radical (unpaired) electrons. The summed E-state index contributed by atoms with van der Waals surface area (Å²) in [6.07, 6.45) is 2.02. The van der Waals surface area contributed by atoms with Gasteiger partial charge in [0.25, 0.3) is 0 Å². The molecule has 0 spiro atoms. The summed E-state index contributed by atoms with van der Waals surface area (Å²) in [7, 11) is -4.93. The van der Waals surface area contributed by atoms with E-state index in [1.54, 1.807) is 0 Å². The van der Waals surface area contributed by atoms with Gasteiger partial charge in [0.1, 0.15) is 11.6 Å². The minimum atomic E-state index is -5.72. The Morgan fingerprint density at radius 2 is 1.75 bits per heavy atom. The number of azo groups is 1. The van der Waals surface area contributed by atoms with Crippen LogP contribution in [0, 0.1) is 17.6 Å². The summed E-state index contributed by atoms with van der Waals surface area (Å²) in [4.78, 5) is 0. The zero-order valence-corrected chi connectivity index (χ0v) is 18.7. The predicted octanol–water partition coefficient (Wildman–Crippen LogP) is 6.19. The molecule has 0 aliphatic carbocycles. The quantitative estimate of drug-likeness (QED) is 0.486. The Labute approximate surface area is 184 Å². The van der Waals surface area contributed by atoms with Crippen molar-refractivity contribution in [1.29, 1.82) is 0 Å². The normalized spacial score (nSPS) is 25.0.